The molecule has 25 nitrogen and oxygen atoms in total. The molecule has 2 aromatic heterocycles. The second-order valence-electron chi connectivity index (χ2n) is 14.7. The first-order valence-corrected chi connectivity index (χ1v) is 22.0. The lowest BCUT2D eigenvalue weighted by Gasteiger charge is -2.36. The number of nitrogens with one attached hydrogen (secondary N) is 5. The minimum Gasteiger partial charge on any atom is -0.480 e. The number of aromatic amines is 1. The Morgan fingerprint density at radius 1 is 0.746 bits per heavy atom. The summed E-state index contributed by atoms with van der Waals surface area (Å²) in [5, 5.41) is 43.1. The molecule has 4 unspecified atom stereocenters. The van der Waals surface area contributed by atoms with Gasteiger partial charge in [-0.25, -0.2) is 4.98 Å². The summed E-state index contributed by atoms with van der Waals surface area (Å²) in [5.74, 6) is -14.3. The van der Waals surface area contributed by atoms with Gasteiger partial charge >= 0.3 is 30.2 Å². The number of H-pyrrole nitrogens is 1. The van der Waals surface area contributed by atoms with Crippen LogP contribution in [0.4, 0.5) is 13.2 Å². The van der Waals surface area contributed by atoms with Gasteiger partial charge < -0.3 is 62.9 Å². The van der Waals surface area contributed by atoms with Crippen molar-refractivity contribution in [3.05, 3.63) is 46.5 Å². The molecule has 8 atom stereocenters. The highest BCUT2D eigenvalue weighted by atomic mass is 32.2. The Bertz CT molecular complexity index is 2190. The third-order valence-corrected chi connectivity index (χ3v) is 12.6. The molecule has 0 saturated heterocycles. The van der Waals surface area contributed by atoms with Gasteiger partial charge in [0, 0.05) is 48.6 Å². The average Bonchev–Trinajstić information content (AvgIpc) is 3.25. The molecule has 2 aromatic rings. The molecule has 3 rings (SSSR count). The molecular formula is C37H47F3N10O15S2. The Kier molecular flexibility index (Phi) is 21.4. The Morgan fingerprint density at radius 2 is 1.22 bits per heavy atom. The number of carbonyl (C=O) groups excluding carboxylic acids is 5. The molecule has 0 spiro atoms. The Balaban J connectivity index is 2.06. The normalized spacial score (nSPS) is 17.6. The quantitative estimate of drug-likeness (QED) is 0.0482. The molecule has 30 heteroatoms. The fourth-order valence-electron chi connectivity index (χ4n) is 6.44. The van der Waals surface area contributed by atoms with Gasteiger partial charge in [-0.1, -0.05) is 6.42 Å². The lowest BCUT2D eigenvalue weighted by atomic mass is 9.76. The molecule has 1 saturated carbocycles. The van der Waals surface area contributed by atoms with Crippen LogP contribution in [0.25, 0.3) is 0 Å². The number of aliphatic carboxylic acids is 4. The molecule has 2 heterocycles. The van der Waals surface area contributed by atoms with Crippen molar-refractivity contribution >= 4 is 76.8 Å². The van der Waals surface area contributed by atoms with Crippen molar-refractivity contribution < 1.29 is 81.5 Å². The first-order valence-electron chi connectivity index (χ1n) is 19.9. The summed E-state index contributed by atoms with van der Waals surface area (Å²) in [6.07, 6.45) is -2.78. The third kappa shape index (κ3) is 18.8. The van der Waals surface area contributed by atoms with Crippen LogP contribution in [-0.4, -0.2) is 149 Å². The second-order valence-corrected chi connectivity index (χ2v) is 17.0. The van der Waals surface area contributed by atoms with E-state index >= 15 is 0 Å². The summed E-state index contributed by atoms with van der Waals surface area (Å²) < 4.78 is 44.0. The minimum atomic E-state index is -5.24. The molecule has 1 aliphatic rings. The molecule has 4 amide bonds. The van der Waals surface area contributed by atoms with E-state index in [2.05, 4.69) is 45.9 Å². The number of nitrogens with two attached hydrogens (primary N) is 2. The predicted molar refractivity (Wildman–Crippen MR) is 225 cm³/mol. The van der Waals surface area contributed by atoms with E-state index in [-0.39, 0.29) is 43.5 Å². The summed E-state index contributed by atoms with van der Waals surface area (Å²) in [7, 11) is 0. The van der Waals surface area contributed by atoms with Gasteiger partial charge in [0.15, 0.2) is 0 Å². The number of ether oxygens (including phenoxy) is 1. The van der Waals surface area contributed by atoms with Crippen molar-refractivity contribution in [2.75, 3.05) is 24.6 Å². The Hall–Kier alpha value is -6.40. The van der Waals surface area contributed by atoms with E-state index in [9.17, 15) is 61.1 Å². The molecule has 1 aliphatic carbocycles. The highest BCUT2D eigenvalue weighted by Gasteiger charge is 2.44. The first kappa shape index (κ1) is 54.9. The molecule has 368 valence electrons. The van der Waals surface area contributed by atoms with Crippen LogP contribution < -0.4 is 43.0 Å². The van der Waals surface area contributed by atoms with Crippen LogP contribution in [-0.2, 0) is 43.2 Å². The van der Waals surface area contributed by atoms with Crippen molar-refractivity contribution in [3.63, 3.8) is 0 Å². The maximum atomic E-state index is 14.9. The summed E-state index contributed by atoms with van der Waals surface area (Å²) >= 11 is 1.59. The van der Waals surface area contributed by atoms with Crippen LogP contribution >= 0.6 is 23.5 Å². The van der Waals surface area contributed by atoms with Gasteiger partial charge in [0.1, 0.15) is 43.0 Å². The fourth-order valence-corrected chi connectivity index (χ4v) is 9.30. The first-order chi connectivity index (χ1) is 31.4. The molecule has 1 fully saturated rings. The Morgan fingerprint density at radius 3 is 1.69 bits per heavy atom. The maximum absolute atomic E-state index is 14.9. The predicted octanol–water partition coefficient (Wildman–Crippen LogP) is -1.55. The smallest absolute Gasteiger partial charge is 0.480 e. The number of amides is 4. The highest BCUT2D eigenvalue weighted by Crippen LogP contribution is 2.48. The van der Waals surface area contributed by atoms with Gasteiger partial charge in [0.25, 0.3) is 5.56 Å². The molecule has 0 aliphatic heterocycles. The number of aromatic nitrogens is 4. The topological polar surface area (TPSA) is 415 Å². The van der Waals surface area contributed by atoms with E-state index in [1.165, 1.54) is 6.20 Å². The monoisotopic (exact) mass is 992 g/mol. The number of carboxylic acid groups (broad SMARTS) is 4. The molecular weight excluding hydrogens is 946 g/mol. The van der Waals surface area contributed by atoms with E-state index in [1.807, 2.05) is 0 Å². The SMILES string of the molecule is N[C@H](CCC(=O)N[C@@H](CSC(c1cncc(OC(F)(F)F)n1)C1CCCC(C(SC[C@H](NC(=O)CC[C@H](N)C(=O)O)C(=O)NCC(=O)O)c2cncc(=O)[nH]2)C1=O)C(=O)NCC(=O)O)C(=O)O. The molecule has 0 bridgehead atoms. The van der Waals surface area contributed by atoms with Gasteiger partial charge in [0.2, 0.25) is 29.5 Å². The van der Waals surface area contributed by atoms with Gasteiger partial charge in [0.05, 0.1) is 34.3 Å². The van der Waals surface area contributed by atoms with Crippen molar-refractivity contribution in [1.29, 1.82) is 0 Å². The number of Topliss-reactive ketones (excluding diaryl/α,β-unsaturated/α-hetero) is 1. The van der Waals surface area contributed by atoms with Crippen LogP contribution in [0.1, 0.15) is 66.8 Å². The molecule has 0 aromatic carbocycles. The number of rotatable bonds is 27. The van der Waals surface area contributed by atoms with Crippen LogP contribution in [0.5, 0.6) is 5.88 Å². The van der Waals surface area contributed by atoms with Crippen LogP contribution in [0, 0.1) is 11.8 Å². The minimum absolute atomic E-state index is 0.0318. The van der Waals surface area contributed by atoms with Crippen molar-refractivity contribution in [3.8, 4) is 5.88 Å². The summed E-state index contributed by atoms with van der Waals surface area (Å²) in [5.41, 5.74) is 10.0. The molecule has 0 radical (unpaired) electrons. The fraction of sp³-hybridized carbons (Fsp3) is 0.541. The number of carboxylic acids is 4. The van der Waals surface area contributed by atoms with Crippen LogP contribution in [0.3, 0.4) is 0 Å². The summed E-state index contributed by atoms with van der Waals surface area (Å²) in [4.78, 5) is 139. The number of ketones is 1. The standard InChI is InChI=1S/C37H47F3N10O15S2/c38-37(39,40)65-27-11-44-9-21(50-27)32(67-15-23(34(60)46-13-29(56)57)49-25(52)7-5-19(42)36(63)64)17-3-1-2-16(30(17)58)31(20-8-43-10-26(53)47-20)66-14-22(33(59)45-12-28(54)55)48-24(51)6-4-18(41)35(61)62/h8-11,16-19,22-23,31-32H,1-7,12-15,41-42H2,(H,45,59)(H,46,60)(H,47,53)(H,48,51)(H,49,52)(H,54,55)(H,56,57)(H,61,62)(H,63,64)/t16?,17?,18-,19+,22-,23-,31?,32?/m0/s1. The van der Waals surface area contributed by atoms with E-state index < -0.39 is 155 Å². The van der Waals surface area contributed by atoms with E-state index in [0.717, 1.165) is 35.9 Å². The van der Waals surface area contributed by atoms with Crippen molar-refractivity contribution in [2.24, 2.45) is 23.3 Å². The zero-order valence-electron chi connectivity index (χ0n) is 34.9. The van der Waals surface area contributed by atoms with Crippen molar-refractivity contribution in [1.82, 2.24) is 41.2 Å². The molecule has 67 heavy (non-hydrogen) atoms. The number of hydrogen-bond donors (Lipinski definition) is 11. The number of alkyl halides is 3. The van der Waals surface area contributed by atoms with Crippen LogP contribution in [0.2, 0.25) is 0 Å². The van der Waals surface area contributed by atoms with Gasteiger partial charge in [-0.05, 0) is 25.7 Å². The van der Waals surface area contributed by atoms with Crippen molar-refractivity contribution in [2.45, 2.75) is 86.0 Å². The Labute approximate surface area is 384 Å². The zero-order valence-corrected chi connectivity index (χ0v) is 36.6. The summed E-state index contributed by atoms with van der Waals surface area (Å²) in [6, 6.07) is -6.01. The number of thioether (sulfide) groups is 2. The largest absolute Gasteiger partial charge is 0.574 e. The molecule has 13 N–H and O–H groups in total. The third-order valence-electron chi connectivity index (χ3n) is 9.63. The van der Waals surface area contributed by atoms with Crippen LogP contribution in [0.15, 0.2) is 29.6 Å². The highest BCUT2D eigenvalue weighted by molar-refractivity contribution is 7.99. The number of halogens is 3. The summed E-state index contributed by atoms with van der Waals surface area (Å²) in [6.45, 7) is -1.78. The second kappa shape index (κ2) is 26.1. The van der Waals surface area contributed by atoms with Gasteiger partial charge in [-0.2, -0.15) is 0 Å². The zero-order chi connectivity index (χ0) is 50.0. The lowest BCUT2D eigenvalue weighted by molar-refractivity contribution is -0.276. The van der Waals surface area contributed by atoms with E-state index in [4.69, 9.17) is 31.9 Å². The van der Waals surface area contributed by atoms with Gasteiger partial charge in [-0.15, -0.1) is 36.7 Å². The number of carbonyl (C=O) groups is 9. The van der Waals surface area contributed by atoms with E-state index in [1.54, 1.807) is 0 Å². The average molecular weight is 993 g/mol. The maximum Gasteiger partial charge on any atom is 0.574 e. The van der Waals surface area contributed by atoms with Gasteiger partial charge in [-0.3, -0.25) is 57.9 Å². The number of hydrogen-bond acceptors (Lipinski definition) is 18. The number of nitrogens with zero attached hydrogens (tertiary/aromatic N) is 3. The van der Waals surface area contributed by atoms with E-state index in [0.29, 0.717) is 6.20 Å². The lowest BCUT2D eigenvalue weighted by Crippen LogP contribution is -2.50.